The Balaban J connectivity index is 1.63. The van der Waals surface area contributed by atoms with E-state index >= 15 is 0 Å². The summed E-state index contributed by atoms with van der Waals surface area (Å²) in [5.74, 6) is 0. The molecule has 1 aromatic heterocycles. The molecule has 0 aliphatic heterocycles. The van der Waals surface area contributed by atoms with E-state index in [4.69, 9.17) is 4.52 Å². The van der Waals surface area contributed by atoms with Crippen LogP contribution in [0.25, 0.3) is 10.9 Å². The SMILES string of the molecule is CCC(C)OP(=O)(O)C(F)(F)c1ccc(Cn2cc(Cc3ccccc3)c3ccccc32)cc1Br. The molecule has 4 nitrogen and oxygen atoms in total. The fraction of sp³-hybridized carbons (Fsp3) is 0.259. The van der Waals surface area contributed by atoms with Crippen LogP contribution in [-0.2, 0) is 27.7 Å². The zero-order chi connectivity index (χ0) is 25.2. The summed E-state index contributed by atoms with van der Waals surface area (Å²) in [4.78, 5) is 10.0. The van der Waals surface area contributed by atoms with Crippen LogP contribution in [0, 0.1) is 0 Å². The third-order valence-electron chi connectivity index (χ3n) is 6.07. The Bertz CT molecular complexity index is 1370. The van der Waals surface area contributed by atoms with E-state index in [0.717, 1.165) is 22.9 Å². The van der Waals surface area contributed by atoms with Gasteiger partial charge in [0.05, 0.1) is 6.10 Å². The minimum absolute atomic E-state index is 0.0583. The first-order chi connectivity index (χ1) is 16.6. The van der Waals surface area contributed by atoms with Crippen molar-refractivity contribution in [1.82, 2.24) is 4.57 Å². The quantitative estimate of drug-likeness (QED) is 0.210. The van der Waals surface area contributed by atoms with Crippen LogP contribution in [0.5, 0.6) is 0 Å². The van der Waals surface area contributed by atoms with E-state index in [9.17, 15) is 18.2 Å². The van der Waals surface area contributed by atoms with Crippen LogP contribution in [0.15, 0.2) is 83.5 Å². The van der Waals surface area contributed by atoms with Gasteiger partial charge in [-0.15, -0.1) is 0 Å². The summed E-state index contributed by atoms with van der Waals surface area (Å²) in [6.45, 7) is 3.65. The van der Waals surface area contributed by atoms with Crippen molar-refractivity contribution in [1.29, 1.82) is 0 Å². The van der Waals surface area contributed by atoms with Crippen LogP contribution in [0.4, 0.5) is 8.78 Å². The van der Waals surface area contributed by atoms with Crippen molar-refractivity contribution in [2.45, 2.75) is 45.0 Å². The van der Waals surface area contributed by atoms with Gasteiger partial charge in [0.2, 0.25) is 0 Å². The standard InChI is InChI=1S/C27H27BrF2NO3P/c1-3-19(2)34-35(32,33)27(29,30)24-14-13-21(16-25(24)28)17-31-18-22(15-20-9-5-4-6-10-20)23-11-7-8-12-26(23)31/h4-14,16,18-19H,3,15,17H2,1-2H3,(H,32,33). The first-order valence-corrected chi connectivity index (χ1v) is 13.8. The minimum Gasteiger partial charge on any atom is -0.343 e. The Kier molecular flexibility index (Phi) is 7.62. The Hall–Kier alpha value is -2.31. The second kappa shape index (κ2) is 10.4. The van der Waals surface area contributed by atoms with Crippen molar-refractivity contribution in [3.8, 4) is 0 Å². The molecule has 184 valence electrons. The van der Waals surface area contributed by atoms with Gasteiger partial charge < -0.3 is 14.0 Å². The molecule has 1 heterocycles. The van der Waals surface area contributed by atoms with E-state index in [1.165, 1.54) is 24.1 Å². The maximum atomic E-state index is 15.0. The molecule has 0 aliphatic carbocycles. The highest BCUT2D eigenvalue weighted by atomic mass is 79.9. The molecule has 2 atom stereocenters. The average molecular weight is 562 g/mol. The molecule has 0 saturated heterocycles. The molecule has 4 rings (SSSR count). The van der Waals surface area contributed by atoms with E-state index in [-0.39, 0.29) is 4.47 Å². The minimum atomic E-state index is -5.23. The summed E-state index contributed by atoms with van der Waals surface area (Å²) >= 11 is 3.19. The van der Waals surface area contributed by atoms with E-state index < -0.39 is 24.9 Å². The summed E-state index contributed by atoms with van der Waals surface area (Å²) in [7, 11) is -5.23. The zero-order valence-electron chi connectivity index (χ0n) is 19.5. The van der Waals surface area contributed by atoms with Gasteiger partial charge in [-0.1, -0.05) is 83.5 Å². The summed E-state index contributed by atoms with van der Waals surface area (Å²) < 4.78 is 49.4. The highest BCUT2D eigenvalue weighted by Gasteiger charge is 2.54. The van der Waals surface area contributed by atoms with Crippen molar-refractivity contribution >= 4 is 34.4 Å². The van der Waals surface area contributed by atoms with Crippen LogP contribution in [0.1, 0.15) is 42.5 Å². The zero-order valence-corrected chi connectivity index (χ0v) is 22.0. The van der Waals surface area contributed by atoms with Crippen LogP contribution < -0.4 is 0 Å². The maximum absolute atomic E-state index is 15.0. The first kappa shape index (κ1) is 25.8. The van der Waals surface area contributed by atoms with Crippen LogP contribution in [-0.4, -0.2) is 15.6 Å². The highest BCUT2D eigenvalue weighted by molar-refractivity contribution is 9.10. The number of benzene rings is 3. The van der Waals surface area contributed by atoms with Crippen molar-refractivity contribution in [2.75, 3.05) is 0 Å². The van der Waals surface area contributed by atoms with Gasteiger partial charge in [0.25, 0.3) is 0 Å². The summed E-state index contributed by atoms with van der Waals surface area (Å²) in [5.41, 5.74) is -0.408. The smallest absolute Gasteiger partial charge is 0.343 e. The molecule has 1 N–H and O–H groups in total. The monoisotopic (exact) mass is 561 g/mol. The normalized spacial score (nSPS) is 14.7. The Morgan fingerprint density at radius 2 is 1.74 bits per heavy atom. The maximum Gasteiger partial charge on any atom is 0.402 e. The molecule has 8 heteroatoms. The molecule has 4 aromatic rings. The van der Waals surface area contributed by atoms with Gasteiger partial charge in [0.15, 0.2) is 0 Å². The summed E-state index contributed by atoms with van der Waals surface area (Å²) in [6, 6.07) is 22.6. The summed E-state index contributed by atoms with van der Waals surface area (Å²) in [5, 5.41) is 1.14. The summed E-state index contributed by atoms with van der Waals surface area (Å²) in [6.07, 6.45) is 2.46. The first-order valence-electron chi connectivity index (χ1n) is 11.4. The van der Waals surface area contributed by atoms with E-state index in [1.807, 2.05) is 36.4 Å². The molecule has 2 unspecified atom stereocenters. The number of rotatable bonds is 9. The van der Waals surface area contributed by atoms with Crippen LogP contribution in [0.2, 0.25) is 0 Å². The lowest BCUT2D eigenvalue weighted by Crippen LogP contribution is -2.19. The fourth-order valence-corrected chi connectivity index (χ4v) is 6.14. The number of hydrogen-bond acceptors (Lipinski definition) is 2. The van der Waals surface area contributed by atoms with E-state index in [1.54, 1.807) is 19.1 Å². The van der Waals surface area contributed by atoms with Gasteiger partial charge in [-0.3, -0.25) is 4.57 Å². The van der Waals surface area contributed by atoms with Gasteiger partial charge in [-0.25, -0.2) is 0 Å². The fourth-order valence-electron chi connectivity index (χ4n) is 4.04. The molecular weight excluding hydrogens is 535 g/mol. The third kappa shape index (κ3) is 5.44. The predicted octanol–water partition coefficient (Wildman–Crippen LogP) is 8.09. The Morgan fingerprint density at radius 1 is 1.06 bits per heavy atom. The van der Waals surface area contributed by atoms with E-state index in [2.05, 4.69) is 44.9 Å². The van der Waals surface area contributed by atoms with Gasteiger partial charge in [0.1, 0.15) is 0 Å². The predicted molar refractivity (Wildman–Crippen MR) is 139 cm³/mol. The molecule has 0 spiro atoms. The lowest BCUT2D eigenvalue weighted by Gasteiger charge is -2.25. The number of fused-ring (bicyclic) bond motifs is 1. The number of halogens is 3. The van der Waals surface area contributed by atoms with Crippen molar-refractivity contribution in [2.24, 2.45) is 0 Å². The number of para-hydroxylation sites is 1. The van der Waals surface area contributed by atoms with Gasteiger partial charge in [-0.05, 0) is 48.6 Å². The van der Waals surface area contributed by atoms with Gasteiger partial charge in [-0.2, -0.15) is 8.78 Å². The largest absolute Gasteiger partial charge is 0.402 e. The molecule has 3 aromatic carbocycles. The Morgan fingerprint density at radius 3 is 2.43 bits per heavy atom. The molecule has 0 bridgehead atoms. The third-order valence-corrected chi connectivity index (χ3v) is 8.32. The Labute approximate surface area is 212 Å². The molecule has 0 radical (unpaired) electrons. The lowest BCUT2D eigenvalue weighted by molar-refractivity contribution is 0.0341. The molecule has 35 heavy (non-hydrogen) atoms. The molecular formula is C27H27BrF2NO3P. The second-order valence-corrected chi connectivity index (χ2v) is 11.3. The van der Waals surface area contributed by atoms with Gasteiger partial charge >= 0.3 is 13.3 Å². The van der Waals surface area contributed by atoms with E-state index in [0.29, 0.717) is 13.0 Å². The highest BCUT2D eigenvalue weighted by Crippen LogP contribution is 2.64. The van der Waals surface area contributed by atoms with Crippen LogP contribution >= 0.6 is 23.5 Å². The second-order valence-electron chi connectivity index (χ2n) is 8.66. The number of alkyl halides is 2. The lowest BCUT2D eigenvalue weighted by atomic mass is 10.0. The number of hydrogen-bond donors (Lipinski definition) is 1. The molecule has 0 fully saturated rings. The average Bonchev–Trinajstić information content (AvgIpc) is 3.16. The van der Waals surface area contributed by atoms with Crippen LogP contribution in [0.3, 0.4) is 0 Å². The molecule has 0 amide bonds. The number of aromatic nitrogens is 1. The van der Waals surface area contributed by atoms with Gasteiger partial charge in [0, 0.05) is 33.7 Å². The van der Waals surface area contributed by atoms with Crippen molar-refractivity contribution in [3.05, 3.63) is 106 Å². The number of nitrogens with zero attached hydrogens (tertiary/aromatic N) is 1. The molecule has 0 aliphatic rings. The van der Waals surface area contributed by atoms with Crippen molar-refractivity contribution < 1.29 is 22.8 Å². The molecule has 0 saturated carbocycles. The topological polar surface area (TPSA) is 51.5 Å². The van der Waals surface area contributed by atoms with Crippen molar-refractivity contribution in [3.63, 3.8) is 0 Å².